The van der Waals surface area contributed by atoms with Gasteiger partial charge in [0.15, 0.2) is 11.3 Å². The van der Waals surface area contributed by atoms with Gasteiger partial charge in [0.25, 0.3) is 5.91 Å². The Hall–Kier alpha value is -3.48. The monoisotopic (exact) mass is 349 g/mol. The molecule has 0 radical (unpaired) electrons. The molecular weight excluding hydrogens is 330 g/mol. The molecule has 26 heavy (non-hydrogen) atoms. The fraction of sp³-hybridized carbons (Fsp3) is 0.158. The average Bonchev–Trinajstić information content (AvgIpc) is 3.04. The lowest BCUT2D eigenvalue weighted by Gasteiger charge is -2.07. The number of carbonyl (C=O) groups is 1. The molecule has 132 valence electrons. The van der Waals surface area contributed by atoms with Gasteiger partial charge in [0.1, 0.15) is 6.33 Å². The highest BCUT2D eigenvalue weighted by Crippen LogP contribution is 2.15. The molecule has 0 atom stereocenters. The van der Waals surface area contributed by atoms with Crippen molar-refractivity contribution in [3.8, 4) is 0 Å². The lowest BCUT2D eigenvalue weighted by molar-refractivity contribution is 0.102. The summed E-state index contributed by atoms with van der Waals surface area (Å²) in [6.45, 7) is 7.36. The quantitative estimate of drug-likeness (QED) is 0.446. The molecule has 1 aromatic carbocycles. The number of nitrogens with zero attached hydrogens (tertiary/aromatic N) is 4. The second-order valence-corrected chi connectivity index (χ2v) is 5.67. The fourth-order valence-corrected chi connectivity index (χ4v) is 2.65. The fourth-order valence-electron chi connectivity index (χ4n) is 2.65. The van der Waals surface area contributed by atoms with Crippen LogP contribution in [0.2, 0.25) is 0 Å². The molecule has 0 spiro atoms. The molecule has 0 aliphatic carbocycles. The van der Waals surface area contributed by atoms with E-state index in [0.717, 1.165) is 17.0 Å². The Bertz CT molecular complexity index is 1000. The lowest BCUT2D eigenvalue weighted by Crippen LogP contribution is -2.14. The number of rotatable bonds is 4. The number of hydrogen-bond donors (Lipinski definition) is 1. The Morgan fingerprint density at radius 3 is 2.69 bits per heavy atom. The Morgan fingerprint density at radius 1 is 1.31 bits per heavy atom. The van der Waals surface area contributed by atoms with Gasteiger partial charge in [-0.3, -0.25) is 14.2 Å². The molecule has 0 bridgehead atoms. The smallest absolute Gasteiger partial charge is 0.278 e. The highest BCUT2D eigenvalue weighted by atomic mass is 16.5. The minimum Gasteiger partial charge on any atom is -0.447 e. The van der Waals surface area contributed by atoms with E-state index in [2.05, 4.69) is 26.9 Å². The van der Waals surface area contributed by atoms with Crippen molar-refractivity contribution in [3.63, 3.8) is 0 Å². The Kier molecular flexibility index (Phi) is 4.79. The zero-order chi connectivity index (χ0) is 18.7. The van der Waals surface area contributed by atoms with Crippen LogP contribution in [-0.2, 0) is 4.74 Å². The largest absolute Gasteiger partial charge is 0.447 e. The van der Waals surface area contributed by atoms with Crippen molar-refractivity contribution in [3.05, 3.63) is 72.1 Å². The van der Waals surface area contributed by atoms with Gasteiger partial charge in [-0.2, -0.15) is 0 Å². The summed E-state index contributed by atoms with van der Waals surface area (Å²) in [4.78, 5) is 25.3. The highest BCUT2D eigenvalue weighted by molar-refractivity contribution is 6.07. The third kappa shape index (κ3) is 3.32. The van der Waals surface area contributed by atoms with Crippen LogP contribution in [-0.4, -0.2) is 33.2 Å². The molecule has 3 aromatic rings. The maximum atomic E-state index is 12.6. The number of hydrogen-bond acceptors (Lipinski definition) is 5. The van der Waals surface area contributed by atoms with Crippen molar-refractivity contribution in [2.24, 2.45) is 4.99 Å². The molecule has 2 heterocycles. The third-order valence-corrected chi connectivity index (χ3v) is 3.83. The first-order valence-electron chi connectivity index (χ1n) is 8.01. The van der Waals surface area contributed by atoms with Crippen LogP contribution in [0, 0.1) is 13.8 Å². The number of nitrogens with one attached hydrogen (secondary N) is 1. The van der Waals surface area contributed by atoms with E-state index in [9.17, 15) is 4.79 Å². The summed E-state index contributed by atoms with van der Waals surface area (Å²) in [5, 5.41) is 2.84. The number of benzene rings is 1. The standard InChI is InChI=1S/C19H19N5O2/c1-5-26-19(20-4)14-6-8-15(9-7-14)23-18(25)16-17-22-12(2)10-13(3)24(17)11-21-16/h5-11H,1H2,2-4H3,(H,23,25). The van der Waals surface area contributed by atoms with E-state index < -0.39 is 0 Å². The first-order valence-corrected chi connectivity index (χ1v) is 8.01. The lowest BCUT2D eigenvalue weighted by atomic mass is 10.2. The number of aryl methyl sites for hydroxylation is 2. The third-order valence-electron chi connectivity index (χ3n) is 3.83. The van der Waals surface area contributed by atoms with E-state index in [1.54, 1.807) is 42.0 Å². The molecule has 0 aliphatic heterocycles. The van der Waals surface area contributed by atoms with Crippen molar-refractivity contribution in [2.75, 3.05) is 12.4 Å². The summed E-state index contributed by atoms with van der Waals surface area (Å²) >= 11 is 0. The maximum Gasteiger partial charge on any atom is 0.278 e. The number of fused-ring (bicyclic) bond motifs is 1. The summed E-state index contributed by atoms with van der Waals surface area (Å²) < 4.78 is 7.03. The summed E-state index contributed by atoms with van der Waals surface area (Å²) in [6.07, 6.45) is 2.92. The highest BCUT2D eigenvalue weighted by Gasteiger charge is 2.16. The van der Waals surface area contributed by atoms with E-state index in [1.165, 1.54) is 6.26 Å². The van der Waals surface area contributed by atoms with Gasteiger partial charge in [-0.25, -0.2) is 9.97 Å². The normalized spacial score (nSPS) is 11.4. The van der Waals surface area contributed by atoms with Crippen LogP contribution in [0.4, 0.5) is 5.69 Å². The summed E-state index contributed by atoms with van der Waals surface area (Å²) in [5.74, 6) is 0.137. The zero-order valence-electron chi connectivity index (χ0n) is 14.9. The number of ether oxygens (including phenoxy) is 1. The van der Waals surface area contributed by atoms with Crippen LogP contribution in [0.3, 0.4) is 0 Å². The van der Waals surface area contributed by atoms with Crippen molar-refractivity contribution < 1.29 is 9.53 Å². The predicted octanol–water partition coefficient (Wildman–Crippen LogP) is 3.13. The minimum atomic E-state index is -0.315. The van der Waals surface area contributed by atoms with Gasteiger partial charge in [-0.15, -0.1) is 0 Å². The SMILES string of the molecule is C=COC(=NC)c1ccc(NC(=O)c2ncn3c(C)cc(C)nc23)cc1. The van der Waals surface area contributed by atoms with Crippen molar-refractivity contribution in [1.82, 2.24) is 14.4 Å². The van der Waals surface area contributed by atoms with E-state index in [-0.39, 0.29) is 11.6 Å². The number of aromatic nitrogens is 3. The molecular formula is C19H19N5O2. The molecule has 1 N–H and O–H groups in total. The molecule has 2 aromatic heterocycles. The van der Waals surface area contributed by atoms with Gasteiger partial charge < -0.3 is 10.1 Å². The number of aliphatic imine (C=N–C) groups is 1. The molecule has 0 aliphatic rings. The molecule has 3 rings (SSSR count). The predicted molar refractivity (Wildman–Crippen MR) is 101 cm³/mol. The Labute approximate surface area is 151 Å². The van der Waals surface area contributed by atoms with Gasteiger partial charge in [-0.05, 0) is 44.2 Å². The van der Waals surface area contributed by atoms with Crippen LogP contribution in [0.25, 0.3) is 5.65 Å². The molecule has 0 unspecified atom stereocenters. The molecule has 0 saturated carbocycles. The number of anilines is 1. The Morgan fingerprint density at radius 2 is 2.04 bits per heavy atom. The molecule has 0 saturated heterocycles. The maximum absolute atomic E-state index is 12.6. The first kappa shape index (κ1) is 17.3. The van der Waals surface area contributed by atoms with Crippen LogP contribution >= 0.6 is 0 Å². The first-order chi connectivity index (χ1) is 12.5. The van der Waals surface area contributed by atoms with E-state index >= 15 is 0 Å². The van der Waals surface area contributed by atoms with Crippen molar-refractivity contribution in [2.45, 2.75) is 13.8 Å². The number of carbonyl (C=O) groups excluding carboxylic acids is 1. The average molecular weight is 349 g/mol. The number of imidazole rings is 1. The minimum absolute atomic E-state index is 0.284. The number of amides is 1. The molecule has 7 nitrogen and oxygen atoms in total. The van der Waals surface area contributed by atoms with Crippen LogP contribution < -0.4 is 5.32 Å². The van der Waals surface area contributed by atoms with Crippen LogP contribution in [0.5, 0.6) is 0 Å². The Balaban J connectivity index is 1.83. The second-order valence-electron chi connectivity index (χ2n) is 5.67. The van der Waals surface area contributed by atoms with Gasteiger partial charge in [0.2, 0.25) is 5.90 Å². The topological polar surface area (TPSA) is 80.9 Å². The molecule has 1 amide bonds. The summed E-state index contributed by atoms with van der Waals surface area (Å²) in [6, 6.07) is 9.09. The molecule has 0 fully saturated rings. The van der Waals surface area contributed by atoms with Crippen molar-refractivity contribution in [1.29, 1.82) is 0 Å². The molecule has 7 heteroatoms. The van der Waals surface area contributed by atoms with Crippen LogP contribution in [0.1, 0.15) is 27.4 Å². The zero-order valence-corrected chi connectivity index (χ0v) is 14.9. The van der Waals surface area contributed by atoms with Gasteiger partial charge in [-0.1, -0.05) is 6.58 Å². The van der Waals surface area contributed by atoms with Crippen molar-refractivity contribution >= 4 is 23.1 Å². The summed E-state index contributed by atoms with van der Waals surface area (Å²) in [5.41, 5.74) is 4.05. The van der Waals surface area contributed by atoms with Gasteiger partial charge in [0.05, 0.1) is 6.26 Å². The van der Waals surface area contributed by atoms with E-state index in [1.807, 2.05) is 19.9 Å². The van der Waals surface area contributed by atoms with Gasteiger partial charge in [0, 0.05) is 29.7 Å². The summed E-state index contributed by atoms with van der Waals surface area (Å²) in [7, 11) is 1.63. The van der Waals surface area contributed by atoms with Gasteiger partial charge >= 0.3 is 0 Å². The van der Waals surface area contributed by atoms with Crippen LogP contribution in [0.15, 0.2) is 54.5 Å². The van der Waals surface area contributed by atoms with E-state index in [0.29, 0.717) is 17.2 Å². The second kappa shape index (κ2) is 7.18. The van der Waals surface area contributed by atoms with E-state index in [4.69, 9.17) is 4.74 Å².